The molecule has 0 aliphatic carbocycles. The maximum absolute atomic E-state index is 13.4. The van der Waals surface area contributed by atoms with Gasteiger partial charge in [0.1, 0.15) is 22.4 Å². The summed E-state index contributed by atoms with van der Waals surface area (Å²) in [7, 11) is 5.55. The zero-order valence-electron chi connectivity index (χ0n) is 22.3. The lowest BCUT2D eigenvalue weighted by molar-refractivity contribution is -0.122. The van der Waals surface area contributed by atoms with Gasteiger partial charge in [0.05, 0.1) is 22.6 Å². The fourth-order valence-corrected chi connectivity index (χ4v) is 5.62. The summed E-state index contributed by atoms with van der Waals surface area (Å²) in [5, 5.41) is 9.65. The lowest BCUT2D eigenvalue weighted by Gasteiger charge is -2.15. The maximum atomic E-state index is 13.4. The van der Waals surface area contributed by atoms with Crippen LogP contribution in [0.5, 0.6) is 11.5 Å². The number of methoxy groups -OCH3 is 1. The first-order valence-electron chi connectivity index (χ1n) is 12.5. The molecule has 208 valence electrons. The van der Waals surface area contributed by atoms with E-state index in [1.54, 1.807) is 42.3 Å². The zero-order chi connectivity index (χ0) is 28.8. The molecule has 0 radical (unpaired) electrons. The number of carbonyl (C=O) groups excluding carboxylic acids is 1. The Balaban J connectivity index is 1.59. The van der Waals surface area contributed by atoms with Crippen LogP contribution in [-0.4, -0.2) is 72.0 Å². The minimum absolute atomic E-state index is 0.177. The molecular weight excluding hydrogens is 568 g/mol. The maximum Gasteiger partial charge on any atom is 0.335 e. The number of thiocarbonyl (C=S) groups is 1. The van der Waals surface area contributed by atoms with Crippen molar-refractivity contribution in [2.45, 2.75) is 6.42 Å². The molecule has 1 fully saturated rings. The van der Waals surface area contributed by atoms with Crippen LogP contribution >= 0.6 is 35.6 Å². The Hall–Kier alpha value is -3.37. The minimum atomic E-state index is -0.975. The molecule has 40 heavy (non-hydrogen) atoms. The molecule has 1 aliphatic rings. The molecule has 10 heteroatoms. The number of carbonyl (C=O) groups is 2. The number of carboxylic acids is 1. The molecule has 0 spiro atoms. The summed E-state index contributed by atoms with van der Waals surface area (Å²) in [4.78, 5) is 28.6. The average Bonchev–Trinajstić information content (AvgIpc) is 3.19. The summed E-state index contributed by atoms with van der Waals surface area (Å²) < 4.78 is 11.8. The normalized spacial score (nSPS) is 14.3. The van der Waals surface area contributed by atoms with Gasteiger partial charge >= 0.3 is 5.97 Å². The number of ether oxygens (including phenoxy) is 2. The molecule has 1 heterocycles. The van der Waals surface area contributed by atoms with Crippen LogP contribution in [0.2, 0.25) is 5.02 Å². The number of halogens is 1. The van der Waals surface area contributed by atoms with Crippen molar-refractivity contribution in [3.8, 4) is 22.6 Å². The topological polar surface area (TPSA) is 79.3 Å². The highest BCUT2D eigenvalue weighted by atomic mass is 35.5. The van der Waals surface area contributed by atoms with Crippen LogP contribution in [0.4, 0.5) is 0 Å². The largest absolute Gasteiger partial charge is 0.497 e. The van der Waals surface area contributed by atoms with Gasteiger partial charge in [-0.2, -0.15) is 0 Å². The highest BCUT2D eigenvalue weighted by Crippen LogP contribution is 2.37. The Bertz CT molecular complexity index is 1460. The van der Waals surface area contributed by atoms with Gasteiger partial charge in [-0.15, -0.1) is 0 Å². The average molecular weight is 597 g/mol. The van der Waals surface area contributed by atoms with Gasteiger partial charge in [-0.3, -0.25) is 9.69 Å². The monoisotopic (exact) mass is 596 g/mol. The third-order valence-corrected chi connectivity index (χ3v) is 7.97. The molecular formula is C30H29ClN2O5S2. The molecule has 1 amide bonds. The molecule has 7 nitrogen and oxygen atoms in total. The Morgan fingerprint density at radius 3 is 2.52 bits per heavy atom. The number of amides is 1. The summed E-state index contributed by atoms with van der Waals surface area (Å²) in [6, 6.07) is 17.9. The van der Waals surface area contributed by atoms with Gasteiger partial charge in [0.15, 0.2) is 0 Å². The first kappa shape index (κ1) is 29.6. The van der Waals surface area contributed by atoms with E-state index in [2.05, 4.69) is 0 Å². The third kappa shape index (κ3) is 7.22. The summed E-state index contributed by atoms with van der Waals surface area (Å²) >= 11 is 13.3. The van der Waals surface area contributed by atoms with Crippen molar-refractivity contribution < 1.29 is 24.2 Å². The van der Waals surface area contributed by atoms with Crippen LogP contribution in [0, 0.1) is 0 Å². The Labute approximate surface area is 248 Å². The fraction of sp³-hybridized carbons (Fsp3) is 0.233. The van der Waals surface area contributed by atoms with Crippen LogP contribution in [0.3, 0.4) is 0 Å². The number of thioether (sulfide) groups is 1. The molecule has 1 saturated heterocycles. The molecule has 0 unspecified atom stereocenters. The SMILES string of the molecule is COc1ccc(-c2ccc(OCCN(C)C)c(C=C3SC(=S)N(CCc4ccc(C(=O)O)cc4)C3=O)c2)c(Cl)c1. The molecule has 0 aromatic heterocycles. The van der Waals surface area contributed by atoms with Crippen molar-refractivity contribution in [2.24, 2.45) is 0 Å². The molecule has 1 aliphatic heterocycles. The smallest absolute Gasteiger partial charge is 0.335 e. The van der Waals surface area contributed by atoms with Gasteiger partial charge in [0.2, 0.25) is 0 Å². The highest BCUT2D eigenvalue weighted by molar-refractivity contribution is 8.26. The second-order valence-corrected chi connectivity index (χ2v) is 11.4. The molecule has 3 aromatic rings. The van der Waals surface area contributed by atoms with E-state index in [4.69, 9.17) is 38.4 Å². The van der Waals surface area contributed by atoms with E-state index < -0.39 is 5.97 Å². The van der Waals surface area contributed by atoms with Gasteiger partial charge in [-0.25, -0.2) is 4.79 Å². The standard InChI is InChI=1S/C30H29ClN2O5S2/c1-32(2)14-15-38-26-11-8-21(24-10-9-23(37-3)18-25(24)31)16-22(26)17-27-28(34)33(30(39)40-27)13-12-19-4-6-20(7-5-19)29(35)36/h4-11,16-18H,12-15H2,1-3H3,(H,35,36). The van der Waals surface area contributed by atoms with Gasteiger partial charge in [-0.1, -0.05) is 53.8 Å². The van der Waals surface area contributed by atoms with Gasteiger partial charge < -0.3 is 19.5 Å². The number of benzene rings is 3. The number of rotatable bonds is 11. The van der Waals surface area contributed by atoms with Crippen molar-refractivity contribution in [2.75, 3.05) is 40.9 Å². The number of aromatic carboxylic acids is 1. The van der Waals surface area contributed by atoms with Gasteiger partial charge in [0, 0.05) is 24.2 Å². The lowest BCUT2D eigenvalue weighted by Crippen LogP contribution is -2.30. The first-order valence-corrected chi connectivity index (χ1v) is 14.1. The summed E-state index contributed by atoms with van der Waals surface area (Å²) in [6.45, 7) is 1.61. The van der Waals surface area contributed by atoms with Crippen molar-refractivity contribution in [1.29, 1.82) is 0 Å². The predicted molar refractivity (Wildman–Crippen MR) is 164 cm³/mol. The highest BCUT2D eigenvalue weighted by Gasteiger charge is 2.32. The van der Waals surface area contributed by atoms with Crippen molar-refractivity contribution in [3.05, 3.63) is 87.3 Å². The van der Waals surface area contributed by atoms with Crippen molar-refractivity contribution in [1.82, 2.24) is 9.80 Å². The van der Waals surface area contributed by atoms with E-state index in [-0.39, 0.29) is 11.5 Å². The molecule has 0 saturated carbocycles. The van der Waals surface area contributed by atoms with Crippen LogP contribution in [0.25, 0.3) is 17.2 Å². The van der Waals surface area contributed by atoms with E-state index >= 15 is 0 Å². The molecule has 1 N–H and O–H groups in total. The summed E-state index contributed by atoms with van der Waals surface area (Å²) in [5.41, 5.74) is 3.59. The van der Waals surface area contributed by atoms with Gasteiger partial charge in [-0.05, 0) is 80.2 Å². The lowest BCUT2D eigenvalue weighted by atomic mass is 10.0. The van der Waals surface area contributed by atoms with E-state index in [0.717, 1.165) is 28.8 Å². The number of carboxylic acid groups (broad SMARTS) is 1. The molecule has 4 rings (SSSR count). The van der Waals surface area contributed by atoms with Crippen LogP contribution in [-0.2, 0) is 11.2 Å². The van der Waals surface area contributed by atoms with E-state index in [1.807, 2.05) is 55.4 Å². The Morgan fingerprint density at radius 1 is 1.12 bits per heavy atom. The van der Waals surface area contributed by atoms with E-state index in [9.17, 15) is 9.59 Å². The van der Waals surface area contributed by atoms with Crippen LogP contribution < -0.4 is 9.47 Å². The van der Waals surface area contributed by atoms with Crippen molar-refractivity contribution >= 4 is 57.9 Å². The zero-order valence-corrected chi connectivity index (χ0v) is 24.7. The molecule has 0 bridgehead atoms. The first-order chi connectivity index (χ1) is 19.2. The summed E-state index contributed by atoms with van der Waals surface area (Å²) in [5.74, 6) is 0.166. The molecule has 0 atom stereocenters. The number of nitrogens with zero attached hydrogens (tertiary/aromatic N) is 2. The fourth-order valence-electron chi connectivity index (χ4n) is 4.04. The minimum Gasteiger partial charge on any atom is -0.497 e. The second kappa shape index (κ2) is 13.3. The van der Waals surface area contributed by atoms with E-state index in [0.29, 0.717) is 45.3 Å². The van der Waals surface area contributed by atoms with Crippen LogP contribution in [0.15, 0.2) is 65.6 Å². The Morgan fingerprint density at radius 2 is 1.88 bits per heavy atom. The number of likely N-dealkylation sites (N-methyl/N-ethyl adjacent to an activating group) is 1. The second-order valence-electron chi connectivity index (χ2n) is 9.34. The quantitative estimate of drug-likeness (QED) is 0.210. The van der Waals surface area contributed by atoms with Gasteiger partial charge in [0.25, 0.3) is 5.91 Å². The summed E-state index contributed by atoms with van der Waals surface area (Å²) in [6.07, 6.45) is 2.36. The predicted octanol–water partition coefficient (Wildman–Crippen LogP) is 6.10. The van der Waals surface area contributed by atoms with Crippen LogP contribution in [0.1, 0.15) is 21.5 Å². The number of hydrogen-bond donors (Lipinski definition) is 1. The third-order valence-electron chi connectivity index (χ3n) is 6.28. The van der Waals surface area contributed by atoms with Crippen molar-refractivity contribution in [3.63, 3.8) is 0 Å². The molecule has 3 aromatic carbocycles. The Kier molecular flexibility index (Phi) is 9.86. The number of hydrogen-bond acceptors (Lipinski definition) is 7. The van der Waals surface area contributed by atoms with E-state index in [1.165, 1.54) is 11.8 Å².